The molecule has 0 atom stereocenters. The van der Waals surface area contributed by atoms with Crippen LogP contribution in [0.25, 0.3) is 6.08 Å². The lowest BCUT2D eigenvalue weighted by Crippen LogP contribution is -1.85. The largest absolute Gasteiger partial charge is 0.193 e. The van der Waals surface area contributed by atoms with Crippen molar-refractivity contribution in [2.45, 2.75) is 20.3 Å². The maximum atomic E-state index is 8.64. The normalized spacial score (nSPS) is 11.0. The Hall–Kier alpha value is -1.55. The molecule has 1 aromatic carbocycles. The molecule has 0 spiro atoms. The molecule has 0 bridgehead atoms. The summed E-state index contributed by atoms with van der Waals surface area (Å²) in [7, 11) is 0. The van der Waals surface area contributed by atoms with Gasteiger partial charge in [0.2, 0.25) is 0 Å². The summed E-state index contributed by atoms with van der Waals surface area (Å²) in [5, 5.41) is 8.64. The molecule has 0 fully saturated rings. The second-order valence-corrected chi connectivity index (χ2v) is 2.99. The van der Waals surface area contributed by atoms with Crippen LogP contribution < -0.4 is 0 Å². The Kier molecular flexibility index (Phi) is 3.28. The van der Waals surface area contributed by atoms with Gasteiger partial charge < -0.3 is 0 Å². The van der Waals surface area contributed by atoms with Crippen molar-refractivity contribution in [3.63, 3.8) is 0 Å². The number of benzene rings is 1. The van der Waals surface area contributed by atoms with E-state index in [-0.39, 0.29) is 0 Å². The molecule has 1 nitrogen and oxygen atoms in total. The van der Waals surface area contributed by atoms with Crippen LogP contribution in [-0.2, 0) is 6.42 Å². The van der Waals surface area contributed by atoms with E-state index in [1.807, 2.05) is 31.2 Å². The van der Waals surface area contributed by atoms with E-state index < -0.39 is 0 Å². The molecule has 1 rings (SSSR count). The van der Waals surface area contributed by atoms with Crippen molar-refractivity contribution in [1.29, 1.82) is 5.26 Å². The molecule has 1 heteroatoms. The Bertz CT molecular complexity index is 356. The molecule has 13 heavy (non-hydrogen) atoms. The van der Waals surface area contributed by atoms with E-state index in [0.29, 0.717) is 0 Å². The van der Waals surface area contributed by atoms with E-state index in [0.717, 1.165) is 17.6 Å². The molecular formula is C12H13N. The summed E-state index contributed by atoms with van der Waals surface area (Å²) < 4.78 is 0. The Morgan fingerprint density at radius 2 is 2.15 bits per heavy atom. The summed E-state index contributed by atoms with van der Waals surface area (Å²) >= 11 is 0. The van der Waals surface area contributed by atoms with Gasteiger partial charge in [-0.15, -0.1) is 0 Å². The van der Waals surface area contributed by atoms with Gasteiger partial charge in [-0.2, -0.15) is 5.26 Å². The first-order valence-corrected chi connectivity index (χ1v) is 4.44. The van der Waals surface area contributed by atoms with Gasteiger partial charge in [0.1, 0.15) is 0 Å². The number of nitrogens with zero attached hydrogens (tertiary/aromatic N) is 1. The summed E-state index contributed by atoms with van der Waals surface area (Å²) in [6.45, 7) is 3.95. The quantitative estimate of drug-likeness (QED) is 0.627. The standard InChI is InChI=1S/C12H13N/c1-3-11-6-4-5-7-12(11)8-10(2)9-13/h4-8H,3H2,1-2H3/b10-8+. The molecule has 0 N–H and O–H groups in total. The molecule has 0 saturated carbocycles. The fourth-order valence-electron chi connectivity index (χ4n) is 1.26. The van der Waals surface area contributed by atoms with Crippen molar-refractivity contribution in [2.75, 3.05) is 0 Å². The van der Waals surface area contributed by atoms with Crippen molar-refractivity contribution < 1.29 is 0 Å². The average molecular weight is 171 g/mol. The van der Waals surface area contributed by atoms with Gasteiger partial charge in [-0.1, -0.05) is 31.2 Å². The fourth-order valence-corrected chi connectivity index (χ4v) is 1.26. The summed E-state index contributed by atoms with van der Waals surface area (Å²) in [4.78, 5) is 0. The van der Waals surface area contributed by atoms with E-state index in [1.54, 1.807) is 0 Å². The number of hydrogen-bond donors (Lipinski definition) is 0. The number of allylic oxidation sites excluding steroid dienone is 1. The molecule has 0 amide bonds. The maximum Gasteiger partial charge on any atom is 0.0944 e. The first-order chi connectivity index (χ1) is 6.27. The average Bonchev–Trinajstić information content (AvgIpc) is 2.18. The predicted octanol–water partition coefficient (Wildman–Crippen LogP) is 3.18. The second kappa shape index (κ2) is 4.47. The van der Waals surface area contributed by atoms with Crippen LogP contribution in [0, 0.1) is 11.3 Å². The van der Waals surface area contributed by atoms with Crippen LogP contribution in [0.5, 0.6) is 0 Å². The maximum absolute atomic E-state index is 8.64. The third-order valence-electron chi connectivity index (χ3n) is 1.98. The number of rotatable bonds is 2. The van der Waals surface area contributed by atoms with Crippen LogP contribution in [-0.4, -0.2) is 0 Å². The summed E-state index contributed by atoms with van der Waals surface area (Å²) in [6, 6.07) is 10.3. The monoisotopic (exact) mass is 171 g/mol. The highest BCUT2D eigenvalue weighted by molar-refractivity contribution is 5.59. The van der Waals surface area contributed by atoms with Gasteiger partial charge in [-0.05, 0) is 30.5 Å². The van der Waals surface area contributed by atoms with E-state index >= 15 is 0 Å². The Morgan fingerprint density at radius 1 is 1.46 bits per heavy atom. The zero-order valence-corrected chi connectivity index (χ0v) is 8.04. The lowest BCUT2D eigenvalue weighted by atomic mass is 10.0. The van der Waals surface area contributed by atoms with Gasteiger partial charge in [0.15, 0.2) is 0 Å². The first kappa shape index (κ1) is 9.54. The van der Waals surface area contributed by atoms with Gasteiger partial charge in [0, 0.05) is 5.57 Å². The van der Waals surface area contributed by atoms with E-state index in [9.17, 15) is 0 Å². The highest BCUT2D eigenvalue weighted by Gasteiger charge is 1.95. The van der Waals surface area contributed by atoms with Crippen molar-refractivity contribution in [3.8, 4) is 6.07 Å². The summed E-state index contributed by atoms with van der Waals surface area (Å²) in [6.07, 6.45) is 2.93. The molecule has 66 valence electrons. The third-order valence-corrected chi connectivity index (χ3v) is 1.98. The van der Waals surface area contributed by atoms with Crippen molar-refractivity contribution in [2.24, 2.45) is 0 Å². The molecule has 0 unspecified atom stereocenters. The molecule has 0 aliphatic heterocycles. The van der Waals surface area contributed by atoms with Gasteiger partial charge >= 0.3 is 0 Å². The highest BCUT2D eigenvalue weighted by Crippen LogP contribution is 2.13. The summed E-state index contributed by atoms with van der Waals surface area (Å²) in [5.41, 5.74) is 3.20. The van der Waals surface area contributed by atoms with Gasteiger partial charge in [-0.25, -0.2) is 0 Å². The lowest BCUT2D eigenvalue weighted by Gasteiger charge is -2.01. The highest BCUT2D eigenvalue weighted by atomic mass is 14.2. The molecule has 0 heterocycles. The Morgan fingerprint density at radius 3 is 2.77 bits per heavy atom. The second-order valence-electron chi connectivity index (χ2n) is 2.99. The topological polar surface area (TPSA) is 23.8 Å². The van der Waals surface area contributed by atoms with Gasteiger partial charge in [0.05, 0.1) is 6.07 Å². The van der Waals surface area contributed by atoms with Crippen LogP contribution >= 0.6 is 0 Å². The van der Waals surface area contributed by atoms with Crippen LogP contribution in [0.15, 0.2) is 29.8 Å². The van der Waals surface area contributed by atoms with Crippen LogP contribution in [0.1, 0.15) is 25.0 Å². The minimum absolute atomic E-state index is 0.751. The van der Waals surface area contributed by atoms with Crippen molar-refractivity contribution in [1.82, 2.24) is 0 Å². The lowest BCUT2D eigenvalue weighted by molar-refractivity contribution is 1.13. The Labute approximate surface area is 79.3 Å². The van der Waals surface area contributed by atoms with Gasteiger partial charge in [0.25, 0.3) is 0 Å². The van der Waals surface area contributed by atoms with E-state index in [1.165, 1.54) is 5.56 Å². The molecule has 0 aromatic heterocycles. The van der Waals surface area contributed by atoms with Crippen molar-refractivity contribution in [3.05, 3.63) is 41.0 Å². The third kappa shape index (κ3) is 2.45. The van der Waals surface area contributed by atoms with E-state index in [2.05, 4.69) is 19.1 Å². The Balaban J connectivity index is 3.08. The zero-order valence-electron chi connectivity index (χ0n) is 8.04. The van der Waals surface area contributed by atoms with E-state index in [4.69, 9.17) is 5.26 Å². The van der Waals surface area contributed by atoms with Crippen molar-refractivity contribution >= 4 is 6.08 Å². The molecule has 0 radical (unpaired) electrons. The molecular weight excluding hydrogens is 158 g/mol. The predicted molar refractivity (Wildman–Crippen MR) is 55.1 cm³/mol. The summed E-state index contributed by atoms with van der Waals surface area (Å²) in [5.74, 6) is 0. The minimum atomic E-state index is 0.751. The number of aryl methyl sites for hydroxylation is 1. The van der Waals surface area contributed by atoms with Crippen LogP contribution in [0.2, 0.25) is 0 Å². The van der Waals surface area contributed by atoms with Crippen LogP contribution in [0.4, 0.5) is 0 Å². The molecule has 0 aliphatic rings. The number of nitriles is 1. The first-order valence-electron chi connectivity index (χ1n) is 4.44. The number of hydrogen-bond acceptors (Lipinski definition) is 1. The van der Waals surface area contributed by atoms with Crippen LogP contribution in [0.3, 0.4) is 0 Å². The minimum Gasteiger partial charge on any atom is -0.193 e. The zero-order chi connectivity index (χ0) is 9.68. The molecule has 0 saturated heterocycles. The SMILES string of the molecule is CCc1ccccc1/C=C(\C)C#N. The van der Waals surface area contributed by atoms with Gasteiger partial charge in [-0.3, -0.25) is 0 Å². The molecule has 1 aromatic rings. The smallest absolute Gasteiger partial charge is 0.0944 e. The molecule has 0 aliphatic carbocycles. The fraction of sp³-hybridized carbons (Fsp3) is 0.250.